The maximum atomic E-state index is 11.1. The zero-order chi connectivity index (χ0) is 10.0. The lowest BCUT2D eigenvalue weighted by molar-refractivity contribution is 0.0606. The van der Waals surface area contributed by atoms with Crippen LogP contribution in [0.3, 0.4) is 0 Å². The molecular formula is C7H8N2O3S. The Morgan fingerprint density at radius 3 is 2.77 bits per heavy atom. The Balaban J connectivity index is 3.38. The van der Waals surface area contributed by atoms with E-state index < -0.39 is 5.97 Å². The van der Waals surface area contributed by atoms with Gasteiger partial charge in [0, 0.05) is 13.1 Å². The molecule has 0 aliphatic carbocycles. The number of nitrogens with one attached hydrogen (secondary N) is 1. The predicted molar refractivity (Wildman–Crippen MR) is 46.8 cm³/mol. The van der Waals surface area contributed by atoms with E-state index >= 15 is 0 Å². The summed E-state index contributed by atoms with van der Waals surface area (Å²) in [5, 5.41) is 7.34. The highest BCUT2D eigenvalue weighted by Crippen LogP contribution is 1.99. The number of hydrogen-bond donors (Lipinski definition) is 1. The van der Waals surface area contributed by atoms with E-state index in [2.05, 4.69) is 4.74 Å². The molecule has 0 saturated heterocycles. The Morgan fingerprint density at radius 1 is 1.69 bits per heavy atom. The largest absolute Gasteiger partial charge is 0.465 e. The minimum atomic E-state index is -0.587. The van der Waals surface area contributed by atoms with E-state index in [9.17, 15) is 9.59 Å². The third-order valence-electron chi connectivity index (χ3n) is 1.48. The summed E-state index contributed by atoms with van der Waals surface area (Å²) in [5.74, 6) is -0.587. The molecule has 0 atom stereocenters. The number of methoxy groups -OCH3 is 1. The molecule has 0 saturated carbocycles. The quantitative estimate of drug-likeness (QED) is 0.633. The summed E-state index contributed by atoms with van der Waals surface area (Å²) in [4.78, 5) is 22.3. The van der Waals surface area contributed by atoms with Crippen LogP contribution in [0, 0.1) is 5.41 Å². The highest BCUT2D eigenvalue weighted by atomic mass is 32.1. The maximum absolute atomic E-state index is 11.1. The summed E-state index contributed by atoms with van der Waals surface area (Å²) in [5.41, 5.74) is -0.385. The average molecular weight is 200 g/mol. The maximum Gasteiger partial charge on any atom is 0.348 e. The normalized spacial score (nSPS) is 9.69. The monoisotopic (exact) mass is 200 g/mol. The topological polar surface area (TPSA) is 72.2 Å². The van der Waals surface area contributed by atoms with Crippen LogP contribution in [0.25, 0.3) is 0 Å². The van der Waals surface area contributed by atoms with Gasteiger partial charge >= 0.3 is 5.97 Å². The summed E-state index contributed by atoms with van der Waals surface area (Å²) < 4.78 is 5.58. The fourth-order valence-corrected chi connectivity index (χ4v) is 1.47. The first-order chi connectivity index (χ1) is 6.06. The van der Waals surface area contributed by atoms with Gasteiger partial charge in [-0.2, -0.15) is 0 Å². The van der Waals surface area contributed by atoms with Crippen LogP contribution >= 0.6 is 11.3 Å². The molecule has 1 aromatic rings. The Labute approximate surface area is 77.7 Å². The van der Waals surface area contributed by atoms with Gasteiger partial charge in [-0.05, 0) is 0 Å². The van der Waals surface area contributed by atoms with Crippen LogP contribution in [0.1, 0.15) is 9.67 Å². The van der Waals surface area contributed by atoms with Crippen LogP contribution in [0.2, 0.25) is 0 Å². The Morgan fingerprint density at radius 2 is 2.31 bits per heavy atom. The van der Waals surface area contributed by atoms with Gasteiger partial charge in [0.15, 0.2) is 4.80 Å². The number of esters is 1. The molecule has 0 amide bonds. The molecule has 0 radical (unpaired) electrons. The number of rotatable bonds is 1. The van der Waals surface area contributed by atoms with Crippen LogP contribution in [-0.2, 0) is 11.8 Å². The summed E-state index contributed by atoms with van der Waals surface area (Å²) in [7, 11) is 2.71. The molecule has 13 heavy (non-hydrogen) atoms. The number of nitrogens with zero attached hydrogens (tertiary/aromatic N) is 1. The fourth-order valence-electron chi connectivity index (χ4n) is 0.712. The lowest BCUT2D eigenvalue weighted by Crippen LogP contribution is -2.28. The molecule has 1 N–H and O–H groups in total. The van der Waals surface area contributed by atoms with Gasteiger partial charge in [-0.25, -0.2) is 4.79 Å². The molecule has 5 nitrogen and oxygen atoms in total. The summed E-state index contributed by atoms with van der Waals surface area (Å²) in [6, 6.07) is 1.16. The Kier molecular flexibility index (Phi) is 2.62. The van der Waals surface area contributed by atoms with Crippen LogP contribution in [0.5, 0.6) is 0 Å². The van der Waals surface area contributed by atoms with Crippen LogP contribution < -0.4 is 10.4 Å². The van der Waals surface area contributed by atoms with Crippen LogP contribution in [0.4, 0.5) is 0 Å². The van der Waals surface area contributed by atoms with Crippen molar-refractivity contribution in [3.63, 3.8) is 0 Å². The van der Waals surface area contributed by atoms with Gasteiger partial charge < -0.3 is 4.74 Å². The number of carbonyl (C=O) groups excluding carboxylic acids is 1. The van der Waals surface area contributed by atoms with E-state index in [4.69, 9.17) is 5.41 Å². The van der Waals surface area contributed by atoms with E-state index in [0.29, 0.717) is 0 Å². The van der Waals surface area contributed by atoms with E-state index in [1.165, 1.54) is 14.2 Å². The molecule has 1 heterocycles. The first-order valence-electron chi connectivity index (χ1n) is 3.40. The van der Waals surface area contributed by atoms with Crippen molar-refractivity contribution in [3.8, 4) is 0 Å². The second-order valence-electron chi connectivity index (χ2n) is 2.30. The minimum Gasteiger partial charge on any atom is -0.465 e. The molecule has 1 rings (SSSR count). The highest BCUT2D eigenvalue weighted by Gasteiger charge is 2.08. The highest BCUT2D eigenvalue weighted by molar-refractivity contribution is 7.10. The van der Waals surface area contributed by atoms with Crippen molar-refractivity contribution in [2.24, 2.45) is 7.05 Å². The van der Waals surface area contributed by atoms with E-state index in [0.717, 1.165) is 22.0 Å². The minimum absolute atomic E-state index is 0.0212. The van der Waals surface area contributed by atoms with Crippen molar-refractivity contribution in [3.05, 3.63) is 26.1 Å². The summed E-state index contributed by atoms with van der Waals surface area (Å²) in [6.07, 6.45) is 0. The lowest BCUT2D eigenvalue weighted by Gasteiger charge is -1.99. The summed E-state index contributed by atoms with van der Waals surface area (Å²) in [6.45, 7) is 0. The predicted octanol–water partition coefficient (Wildman–Crippen LogP) is -0.287. The molecule has 0 fully saturated rings. The van der Waals surface area contributed by atoms with Gasteiger partial charge in [-0.15, -0.1) is 0 Å². The van der Waals surface area contributed by atoms with Gasteiger partial charge in [-0.3, -0.25) is 14.8 Å². The standard InChI is InChI=1S/C7H8N2O3S/c1-9-5(10)3-4(6(11)12-2)13-7(9)8/h3,8H,1-2H3. The third-order valence-corrected chi connectivity index (χ3v) is 2.45. The number of aromatic nitrogens is 1. The van der Waals surface area contributed by atoms with Gasteiger partial charge in [0.25, 0.3) is 5.56 Å². The second-order valence-corrected chi connectivity index (χ2v) is 3.34. The molecule has 0 spiro atoms. The molecular weight excluding hydrogens is 192 g/mol. The SMILES string of the molecule is COC(=O)c1cc(=O)n(C)c(=N)s1. The van der Waals surface area contributed by atoms with Crippen molar-refractivity contribution >= 4 is 17.3 Å². The third kappa shape index (κ3) is 1.83. The molecule has 6 heteroatoms. The Bertz CT molecular complexity index is 415. The zero-order valence-corrected chi connectivity index (χ0v) is 7.97. The smallest absolute Gasteiger partial charge is 0.348 e. The first-order valence-corrected chi connectivity index (χ1v) is 4.22. The van der Waals surface area contributed by atoms with Crippen molar-refractivity contribution in [1.29, 1.82) is 5.41 Å². The van der Waals surface area contributed by atoms with Gasteiger partial charge in [0.2, 0.25) is 0 Å². The molecule has 0 aliphatic heterocycles. The molecule has 0 bridgehead atoms. The molecule has 0 aromatic carbocycles. The number of carbonyl (C=O) groups is 1. The zero-order valence-electron chi connectivity index (χ0n) is 7.16. The Hall–Kier alpha value is -1.43. The fraction of sp³-hybridized carbons (Fsp3) is 0.286. The summed E-state index contributed by atoms with van der Waals surface area (Å²) >= 11 is 0.906. The average Bonchev–Trinajstić information content (AvgIpc) is 2.12. The molecule has 0 unspecified atom stereocenters. The van der Waals surface area contributed by atoms with Crippen molar-refractivity contribution < 1.29 is 9.53 Å². The van der Waals surface area contributed by atoms with E-state index in [1.54, 1.807) is 0 Å². The van der Waals surface area contributed by atoms with Crippen molar-refractivity contribution in [2.45, 2.75) is 0 Å². The van der Waals surface area contributed by atoms with Gasteiger partial charge in [-0.1, -0.05) is 11.3 Å². The number of ether oxygens (including phenoxy) is 1. The number of hydrogen-bond acceptors (Lipinski definition) is 5. The second kappa shape index (κ2) is 3.53. The van der Waals surface area contributed by atoms with Crippen molar-refractivity contribution in [2.75, 3.05) is 7.11 Å². The van der Waals surface area contributed by atoms with Crippen molar-refractivity contribution in [1.82, 2.24) is 4.57 Å². The molecule has 1 aromatic heterocycles. The lowest BCUT2D eigenvalue weighted by atomic mass is 10.5. The van der Waals surface area contributed by atoms with Gasteiger partial charge in [0.05, 0.1) is 7.11 Å². The molecule has 0 aliphatic rings. The van der Waals surface area contributed by atoms with Gasteiger partial charge in [0.1, 0.15) is 4.88 Å². The van der Waals surface area contributed by atoms with Crippen LogP contribution in [-0.4, -0.2) is 17.6 Å². The first kappa shape index (κ1) is 9.66. The van der Waals surface area contributed by atoms with E-state index in [-0.39, 0.29) is 15.2 Å². The van der Waals surface area contributed by atoms with Crippen LogP contribution in [0.15, 0.2) is 10.9 Å². The van der Waals surface area contributed by atoms with E-state index in [1.807, 2.05) is 0 Å². The molecule has 70 valence electrons.